The van der Waals surface area contributed by atoms with Crippen LogP contribution in [0.2, 0.25) is 0 Å². The van der Waals surface area contributed by atoms with E-state index in [-0.39, 0.29) is 0 Å². The summed E-state index contributed by atoms with van der Waals surface area (Å²) in [5.74, 6) is -2.44. The summed E-state index contributed by atoms with van der Waals surface area (Å²) < 4.78 is 29.2. The van der Waals surface area contributed by atoms with Gasteiger partial charge in [-0.3, -0.25) is 9.69 Å². The van der Waals surface area contributed by atoms with E-state index in [2.05, 4.69) is 4.98 Å². The monoisotopic (exact) mass is 376 g/mol. The molecule has 1 heterocycles. The van der Waals surface area contributed by atoms with Gasteiger partial charge in [-0.2, -0.15) is 0 Å². The Balaban J connectivity index is 2.05. The second-order valence-corrected chi connectivity index (χ2v) is 7.49. The summed E-state index contributed by atoms with van der Waals surface area (Å²) in [4.78, 5) is 19.9. The lowest BCUT2D eigenvalue weighted by Gasteiger charge is -2.21. The molecule has 0 bridgehead atoms. The highest BCUT2D eigenvalue weighted by Gasteiger charge is 2.27. The number of thiazole rings is 1. The maximum atomic E-state index is 14.1. The summed E-state index contributed by atoms with van der Waals surface area (Å²) in [6.07, 6.45) is 0. The number of fused-ring (bicyclic) bond motifs is 1. The Labute approximate surface area is 154 Å². The first-order valence-corrected chi connectivity index (χ1v) is 9.10. The molecule has 7 heteroatoms. The molecule has 0 aliphatic carbocycles. The van der Waals surface area contributed by atoms with E-state index < -0.39 is 23.1 Å². The Kier molecular flexibility index (Phi) is 5.29. The molecule has 0 spiro atoms. The first-order valence-electron chi connectivity index (χ1n) is 8.29. The van der Waals surface area contributed by atoms with Crippen molar-refractivity contribution in [1.29, 1.82) is 0 Å². The van der Waals surface area contributed by atoms with Gasteiger partial charge in [0.2, 0.25) is 0 Å². The molecule has 0 aliphatic heterocycles. The van der Waals surface area contributed by atoms with Gasteiger partial charge in [0.15, 0.2) is 5.13 Å². The summed E-state index contributed by atoms with van der Waals surface area (Å²) in [6.45, 7) is 2.91. The summed E-state index contributed by atoms with van der Waals surface area (Å²) in [6, 6.07) is 9.24. The number of hydrogen-bond donors (Lipinski definition) is 1. The molecule has 1 amide bonds. The van der Waals surface area contributed by atoms with Crippen LogP contribution in [0.1, 0.15) is 15.9 Å². The summed E-state index contributed by atoms with van der Waals surface area (Å²) >= 11 is 1.35. The van der Waals surface area contributed by atoms with Crippen molar-refractivity contribution in [1.82, 2.24) is 4.98 Å². The number of aromatic nitrogens is 1. The quantitative estimate of drug-likeness (QED) is 0.744. The number of benzene rings is 2. The number of anilines is 1. The number of carbonyl (C=O) groups excluding carboxylic acids is 1. The van der Waals surface area contributed by atoms with Crippen LogP contribution in [0.25, 0.3) is 10.2 Å². The number of carbonyl (C=O) groups is 1. The van der Waals surface area contributed by atoms with Gasteiger partial charge < -0.3 is 4.90 Å². The minimum absolute atomic E-state index is 0.313. The van der Waals surface area contributed by atoms with Gasteiger partial charge in [-0.05, 0) is 36.8 Å². The Morgan fingerprint density at radius 1 is 1.19 bits per heavy atom. The molecule has 2 aromatic carbocycles. The highest BCUT2D eigenvalue weighted by Crippen LogP contribution is 2.30. The standard InChI is InChI=1S/C19H19F2N3OS/c1-12-7-8-15-16(11-12)26-19(22-15)24(10-9-23(2)3)18(25)17-13(20)5-4-6-14(17)21/h4-8,11H,9-10H2,1-3H3/p+1. The lowest BCUT2D eigenvalue weighted by molar-refractivity contribution is -0.856. The number of hydrogen-bond acceptors (Lipinski definition) is 3. The van der Waals surface area contributed by atoms with E-state index in [9.17, 15) is 13.6 Å². The normalized spacial score (nSPS) is 11.3. The first kappa shape index (κ1) is 18.4. The molecule has 3 rings (SSSR count). The van der Waals surface area contributed by atoms with Gasteiger partial charge in [-0.15, -0.1) is 0 Å². The third-order valence-electron chi connectivity index (χ3n) is 4.02. The average molecular weight is 376 g/mol. The zero-order valence-electron chi connectivity index (χ0n) is 14.8. The van der Waals surface area contributed by atoms with Crippen LogP contribution >= 0.6 is 11.3 Å². The van der Waals surface area contributed by atoms with Crippen LogP contribution in [-0.2, 0) is 0 Å². The molecule has 0 aliphatic rings. The second kappa shape index (κ2) is 7.47. The highest BCUT2D eigenvalue weighted by molar-refractivity contribution is 7.22. The number of amides is 1. The van der Waals surface area contributed by atoms with Crippen molar-refractivity contribution >= 4 is 32.6 Å². The SMILES string of the molecule is Cc1ccc2nc(N(CC[NH+](C)C)C(=O)c3c(F)cccc3F)sc2c1. The van der Waals surface area contributed by atoms with E-state index in [0.717, 1.165) is 32.8 Å². The fraction of sp³-hybridized carbons (Fsp3) is 0.263. The molecule has 0 radical (unpaired) electrons. The summed E-state index contributed by atoms with van der Waals surface area (Å²) in [5.41, 5.74) is 1.31. The summed E-state index contributed by atoms with van der Waals surface area (Å²) in [7, 11) is 3.90. The Morgan fingerprint density at radius 3 is 2.54 bits per heavy atom. The zero-order chi connectivity index (χ0) is 18.8. The lowest BCUT2D eigenvalue weighted by Crippen LogP contribution is -3.06. The van der Waals surface area contributed by atoms with Crippen LogP contribution in [0, 0.1) is 18.6 Å². The number of rotatable bonds is 5. The number of aryl methyl sites for hydroxylation is 1. The maximum absolute atomic E-state index is 14.1. The van der Waals surface area contributed by atoms with Gasteiger partial charge in [-0.25, -0.2) is 13.8 Å². The van der Waals surface area contributed by atoms with Gasteiger partial charge in [0, 0.05) is 0 Å². The third-order valence-corrected chi connectivity index (χ3v) is 5.06. The Bertz CT molecular complexity index is 935. The number of nitrogens with one attached hydrogen (secondary N) is 1. The summed E-state index contributed by atoms with van der Waals surface area (Å²) in [5, 5.41) is 0.444. The van der Waals surface area contributed by atoms with Crippen molar-refractivity contribution in [3.63, 3.8) is 0 Å². The molecular weight excluding hydrogens is 356 g/mol. The predicted octanol–water partition coefficient (Wildman–Crippen LogP) is 2.67. The van der Waals surface area contributed by atoms with Crippen molar-refractivity contribution in [3.05, 3.63) is 59.2 Å². The zero-order valence-corrected chi connectivity index (χ0v) is 15.7. The number of nitrogens with zero attached hydrogens (tertiary/aromatic N) is 2. The predicted molar refractivity (Wildman–Crippen MR) is 100 cm³/mol. The number of quaternary nitrogens is 1. The van der Waals surface area contributed by atoms with E-state index in [1.807, 2.05) is 39.2 Å². The molecule has 4 nitrogen and oxygen atoms in total. The smallest absolute Gasteiger partial charge is 0.266 e. The molecule has 0 atom stereocenters. The van der Waals surface area contributed by atoms with Crippen LogP contribution in [0.5, 0.6) is 0 Å². The van der Waals surface area contributed by atoms with E-state index in [1.54, 1.807) is 0 Å². The average Bonchev–Trinajstić information content (AvgIpc) is 2.97. The van der Waals surface area contributed by atoms with E-state index >= 15 is 0 Å². The van der Waals surface area contributed by atoms with Gasteiger partial charge >= 0.3 is 0 Å². The van der Waals surface area contributed by atoms with E-state index in [1.165, 1.54) is 22.3 Å². The first-order chi connectivity index (χ1) is 12.4. The largest absolute Gasteiger partial charge is 0.338 e. The topological polar surface area (TPSA) is 37.6 Å². The minimum atomic E-state index is -0.867. The molecule has 0 saturated heterocycles. The fourth-order valence-electron chi connectivity index (χ4n) is 2.59. The molecule has 0 fully saturated rings. The maximum Gasteiger partial charge on any atom is 0.266 e. The molecule has 1 N–H and O–H groups in total. The number of halogens is 2. The molecule has 0 unspecified atom stereocenters. The molecule has 26 heavy (non-hydrogen) atoms. The van der Waals surface area contributed by atoms with Crippen molar-refractivity contribution in [2.24, 2.45) is 0 Å². The van der Waals surface area contributed by atoms with Crippen molar-refractivity contribution in [2.75, 3.05) is 32.1 Å². The van der Waals surface area contributed by atoms with Crippen molar-refractivity contribution < 1.29 is 18.5 Å². The van der Waals surface area contributed by atoms with E-state index in [4.69, 9.17) is 0 Å². The van der Waals surface area contributed by atoms with Crippen molar-refractivity contribution in [2.45, 2.75) is 6.92 Å². The van der Waals surface area contributed by atoms with Crippen LogP contribution in [0.4, 0.5) is 13.9 Å². The molecule has 1 aromatic heterocycles. The van der Waals surface area contributed by atoms with Crippen LogP contribution in [0.3, 0.4) is 0 Å². The highest BCUT2D eigenvalue weighted by atomic mass is 32.1. The van der Waals surface area contributed by atoms with Gasteiger partial charge in [0.1, 0.15) is 17.2 Å². The molecule has 3 aromatic rings. The Morgan fingerprint density at radius 2 is 1.88 bits per heavy atom. The van der Waals surface area contributed by atoms with Crippen LogP contribution in [-0.4, -0.2) is 38.1 Å². The molecule has 136 valence electrons. The molecule has 0 saturated carbocycles. The van der Waals surface area contributed by atoms with Crippen LogP contribution in [0.15, 0.2) is 36.4 Å². The number of likely N-dealkylation sites (N-methyl/N-ethyl adjacent to an activating group) is 1. The van der Waals surface area contributed by atoms with Crippen molar-refractivity contribution in [3.8, 4) is 0 Å². The minimum Gasteiger partial charge on any atom is -0.338 e. The third kappa shape index (κ3) is 3.73. The Hall–Kier alpha value is -2.38. The van der Waals surface area contributed by atoms with Gasteiger partial charge in [-0.1, -0.05) is 23.5 Å². The lowest BCUT2D eigenvalue weighted by atomic mass is 10.1. The van der Waals surface area contributed by atoms with E-state index in [0.29, 0.717) is 18.2 Å². The van der Waals surface area contributed by atoms with Gasteiger partial charge in [0.25, 0.3) is 5.91 Å². The van der Waals surface area contributed by atoms with Gasteiger partial charge in [0.05, 0.1) is 37.4 Å². The van der Waals surface area contributed by atoms with Crippen LogP contribution < -0.4 is 9.80 Å². The fourth-order valence-corrected chi connectivity index (χ4v) is 3.68. The molecular formula is C19H20F2N3OS+. The second-order valence-electron chi connectivity index (χ2n) is 6.48.